The quantitative estimate of drug-likeness (QED) is 0.410. The SMILES string of the molecule is CC1=CC[C@H]2C(=O)N(C)C(=O)[C@@H]2C1. The average Bonchev–Trinajstić information content (AvgIpc) is 2.32. The summed E-state index contributed by atoms with van der Waals surface area (Å²) in [6, 6.07) is 0. The van der Waals surface area contributed by atoms with Crippen LogP contribution in [0, 0.1) is 11.8 Å². The lowest BCUT2D eigenvalue weighted by molar-refractivity contribution is -0.138. The molecule has 3 nitrogen and oxygen atoms in total. The second kappa shape index (κ2) is 2.69. The molecule has 2 atom stereocenters. The van der Waals surface area contributed by atoms with Crippen molar-refractivity contribution in [2.45, 2.75) is 19.8 Å². The Labute approximate surface area is 77.4 Å². The maximum absolute atomic E-state index is 11.6. The Hall–Kier alpha value is -1.12. The summed E-state index contributed by atoms with van der Waals surface area (Å²) in [5.74, 6) is -0.134. The molecule has 1 aliphatic heterocycles. The topological polar surface area (TPSA) is 37.4 Å². The van der Waals surface area contributed by atoms with Gasteiger partial charge < -0.3 is 0 Å². The predicted molar refractivity (Wildman–Crippen MR) is 47.7 cm³/mol. The van der Waals surface area contributed by atoms with Crippen molar-refractivity contribution in [3.05, 3.63) is 11.6 Å². The highest BCUT2D eigenvalue weighted by molar-refractivity contribution is 6.05. The van der Waals surface area contributed by atoms with Crippen molar-refractivity contribution in [2.24, 2.45) is 11.8 Å². The smallest absolute Gasteiger partial charge is 0.233 e. The maximum Gasteiger partial charge on any atom is 0.233 e. The number of nitrogens with zero attached hydrogens (tertiary/aromatic N) is 1. The Kier molecular flexibility index (Phi) is 1.75. The lowest BCUT2D eigenvalue weighted by atomic mass is 9.82. The Morgan fingerprint density at radius 3 is 2.62 bits per heavy atom. The van der Waals surface area contributed by atoms with Gasteiger partial charge in [0.1, 0.15) is 0 Å². The summed E-state index contributed by atoms with van der Waals surface area (Å²) in [7, 11) is 1.58. The Balaban J connectivity index is 2.30. The largest absolute Gasteiger partial charge is 0.285 e. The molecule has 0 aromatic rings. The highest BCUT2D eigenvalue weighted by Gasteiger charge is 2.46. The fraction of sp³-hybridized carbons (Fsp3) is 0.600. The van der Waals surface area contributed by atoms with Crippen LogP contribution in [0.2, 0.25) is 0 Å². The summed E-state index contributed by atoms with van der Waals surface area (Å²) in [5.41, 5.74) is 1.23. The van der Waals surface area contributed by atoms with E-state index in [0.717, 1.165) is 12.8 Å². The van der Waals surface area contributed by atoms with Crippen LogP contribution in [0.25, 0.3) is 0 Å². The van der Waals surface area contributed by atoms with Crippen LogP contribution >= 0.6 is 0 Å². The summed E-state index contributed by atoms with van der Waals surface area (Å²) >= 11 is 0. The number of hydrogen-bond donors (Lipinski definition) is 0. The van der Waals surface area contributed by atoms with E-state index < -0.39 is 0 Å². The Bertz CT molecular complexity index is 306. The predicted octanol–water partition coefficient (Wildman–Crippen LogP) is 0.958. The minimum absolute atomic E-state index is 0.00116. The molecule has 2 aliphatic rings. The van der Waals surface area contributed by atoms with Gasteiger partial charge in [-0.3, -0.25) is 14.5 Å². The van der Waals surface area contributed by atoms with E-state index in [9.17, 15) is 9.59 Å². The van der Waals surface area contributed by atoms with Crippen LogP contribution in [0.3, 0.4) is 0 Å². The van der Waals surface area contributed by atoms with Crippen LogP contribution in [-0.4, -0.2) is 23.8 Å². The standard InChI is InChI=1S/C10H13NO2/c1-6-3-4-7-8(5-6)10(13)11(2)9(7)12/h3,7-8H,4-5H2,1-2H3/t7-,8-/m1/s1. The van der Waals surface area contributed by atoms with E-state index in [4.69, 9.17) is 0 Å². The van der Waals surface area contributed by atoms with Gasteiger partial charge in [-0.05, 0) is 19.8 Å². The lowest BCUT2D eigenvalue weighted by Gasteiger charge is -2.19. The van der Waals surface area contributed by atoms with Gasteiger partial charge in [-0.1, -0.05) is 11.6 Å². The molecule has 0 bridgehead atoms. The number of carbonyl (C=O) groups excluding carboxylic acids is 2. The van der Waals surface area contributed by atoms with Gasteiger partial charge in [0.05, 0.1) is 11.8 Å². The fourth-order valence-corrected chi connectivity index (χ4v) is 2.20. The van der Waals surface area contributed by atoms with Gasteiger partial charge in [0.25, 0.3) is 0 Å². The van der Waals surface area contributed by atoms with Crippen LogP contribution in [0.1, 0.15) is 19.8 Å². The van der Waals surface area contributed by atoms with Gasteiger partial charge in [-0.2, -0.15) is 0 Å². The summed E-state index contributed by atoms with van der Waals surface area (Å²) in [5, 5.41) is 0. The fourth-order valence-electron chi connectivity index (χ4n) is 2.20. The third-order valence-corrected chi connectivity index (χ3v) is 3.04. The summed E-state index contributed by atoms with van der Waals surface area (Å²) < 4.78 is 0. The van der Waals surface area contributed by atoms with E-state index in [0.29, 0.717) is 0 Å². The molecule has 0 aromatic heterocycles. The number of allylic oxidation sites excluding steroid dienone is 2. The first-order valence-electron chi connectivity index (χ1n) is 4.58. The van der Waals surface area contributed by atoms with E-state index >= 15 is 0 Å². The number of amides is 2. The number of rotatable bonds is 0. The highest BCUT2D eigenvalue weighted by Crippen LogP contribution is 2.36. The molecule has 1 fully saturated rings. The molecule has 2 rings (SSSR count). The van der Waals surface area contributed by atoms with E-state index in [1.165, 1.54) is 10.5 Å². The molecular weight excluding hydrogens is 166 g/mol. The van der Waals surface area contributed by atoms with Crippen molar-refractivity contribution in [2.75, 3.05) is 7.05 Å². The first kappa shape index (κ1) is 8.48. The summed E-state index contributed by atoms with van der Waals surface area (Å²) in [6.07, 6.45) is 3.58. The molecule has 0 radical (unpaired) electrons. The zero-order valence-corrected chi connectivity index (χ0v) is 7.91. The normalized spacial score (nSPS) is 33.4. The van der Waals surface area contributed by atoms with Gasteiger partial charge in [0, 0.05) is 7.05 Å². The molecule has 70 valence electrons. The lowest BCUT2D eigenvalue weighted by Crippen LogP contribution is -2.26. The van der Waals surface area contributed by atoms with Crippen molar-refractivity contribution in [3.63, 3.8) is 0 Å². The number of hydrogen-bond acceptors (Lipinski definition) is 2. The van der Waals surface area contributed by atoms with Crippen LogP contribution in [-0.2, 0) is 9.59 Å². The van der Waals surface area contributed by atoms with Crippen LogP contribution in [0.4, 0.5) is 0 Å². The van der Waals surface area contributed by atoms with E-state index in [1.54, 1.807) is 7.05 Å². The van der Waals surface area contributed by atoms with Crippen LogP contribution < -0.4 is 0 Å². The zero-order chi connectivity index (χ0) is 9.59. The monoisotopic (exact) mass is 179 g/mol. The molecule has 0 aromatic carbocycles. The van der Waals surface area contributed by atoms with Gasteiger partial charge in [-0.25, -0.2) is 0 Å². The first-order valence-corrected chi connectivity index (χ1v) is 4.58. The van der Waals surface area contributed by atoms with Crippen LogP contribution in [0.15, 0.2) is 11.6 Å². The second-order valence-corrected chi connectivity index (χ2v) is 3.94. The van der Waals surface area contributed by atoms with Crippen molar-refractivity contribution in [3.8, 4) is 0 Å². The molecule has 0 saturated carbocycles. The minimum Gasteiger partial charge on any atom is -0.285 e. The third kappa shape index (κ3) is 1.10. The molecule has 0 unspecified atom stereocenters. The number of fused-ring (bicyclic) bond motifs is 1. The molecular formula is C10H13NO2. The van der Waals surface area contributed by atoms with Crippen molar-refractivity contribution in [1.29, 1.82) is 0 Å². The molecule has 1 aliphatic carbocycles. The van der Waals surface area contributed by atoms with Crippen molar-refractivity contribution >= 4 is 11.8 Å². The molecule has 0 N–H and O–H groups in total. The second-order valence-electron chi connectivity index (χ2n) is 3.94. The molecule has 0 spiro atoms. The number of carbonyl (C=O) groups is 2. The zero-order valence-electron chi connectivity index (χ0n) is 7.91. The van der Waals surface area contributed by atoms with Gasteiger partial charge >= 0.3 is 0 Å². The Morgan fingerprint density at radius 1 is 1.31 bits per heavy atom. The molecule has 3 heteroatoms. The van der Waals surface area contributed by atoms with E-state index in [2.05, 4.69) is 6.08 Å². The van der Waals surface area contributed by atoms with Gasteiger partial charge in [0.2, 0.25) is 11.8 Å². The van der Waals surface area contributed by atoms with Gasteiger partial charge in [0.15, 0.2) is 0 Å². The van der Waals surface area contributed by atoms with Crippen molar-refractivity contribution in [1.82, 2.24) is 4.90 Å². The average molecular weight is 179 g/mol. The minimum atomic E-state index is -0.0683. The Morgan fingerprint density at radius 2 is 1.92 bits per heavy atom. The molecule has 1 heterocycles. The number of imide groups is 1. The molecule has 1 saturated heterocycles. The molecule has 2 amide bonds. The highest BCUT2D eigenvalue weighted by atomic mass is 16.2. The third-order valence-electron chi connectivity index (χ3n) is 3.04. The van der Waals surface area contributed by atoms with Crippen LogP contribution in [0.5, 0.6) is 0 Å². The maximum atomic E-state index is 11.6. The molecule has 13 heavy (non-hydrogen) atoms. The van der Waals surface area contributed by atoms with Gasteiger partial charge in [-0.15, -0.1) is 0 Å². The van der Waals surface area contributed by atoms with Crippen molar-refractivity contribution < 1.29 is 9.59 Å². The first-order chi connectivity index (χ1) is 6.11. The van der Waals surface area contributed by atoms with E-state index in [-0.39, 0.29) is 23.7 Å². The summed E-state index contributed by atoms with van der Waals surface area (Å²) in [6.45, 7) is 2.02. The van der Waals surface area contributed by atoms with E-state index in [1.807, 2.05) is 6.92 Å². The number of likely N-dealkylation sites (tertiary alicyclic amines) is 1. The summed E-state index contributed by atoms with van der Waals surface area (Å²) in [4.78, 5) is 24.4.